The first-order valence-electron chi connectivity index (χ1n) is 6.21. The molecule has 0 aliphatic rings. The summed E-state index contributed by atoms with van der Waals surface area (Å²) in [5, 5.41) is 11.7. The van der Waals surface area contributed by atoms with Crippen molar-refractivity contribution in [1.29, 1.82) is 0 Å². The van der Waals surface area contributed by atoms with E-state index in [-0.39, 0.29) is 5.56 Å². The summed E-state index contributed by atoms with van der Waals surface area (Å²) in [5.41, 5.74) is -0.248. The lowest BCUT2D eigenvalue weighted by atomic mass is 10.2. The van der Waals surface area contributed by atoms with Crippen molar-refractivity contribution in [2.75, 3.05) is 12.3 Å². The highest BCUT2D eigenvalue weighted by molar-refractivity contribution is 7.99. The van der Waals surface area contributed by atoms with Crippen molar-refractivity contribution in [1.82, 2.24) is 5.32 Å². The molecule has 0 radical (unpaired) electrons. The van der Waals surface area contributed by atoms with E-state index in [1.165, 1.54) is 11.8 Å². The third-order valence-corrected chi connectivity index (χ3v) is 3.22. The van der Waals surface area contributed by atoms with Crippen LogP contribution in [0.15, 0.2) is 29.2 Å². The molecular formula is C14H19NO4S. The molecule has 0 heterocycles. The van der Waals surface area contributed by atoms with Gasteiger partial charge in [0.25, 0.3) is 0 Å². The van der Waals surface area contributed by atoms with Crippen LogP contribution in [0.2, 0.25) is 0 Å². The minimum Gasteiger partial charge on any atom is -0.478 e. The number of carboxylic acid groups (broad SMARTS) is 1. The zero-order valence-electron chi connectivity index (χ0n) is 11.8. The average Bonchev–Trinajstić information content (AvgIpc) is 2.33. The Labute approximate surface area is 122 Å². The number of hydrogen-bond donors (Lipinski definition) is 2. The Morgan fingerprint density at radius 1 is 1.30 bits per heavy atom. The van der Waals surface area contributed by atoms with Gasteiger partial charge in [-0.3, -0.25) is 0 Å². The number of alkyl carbamates (subject to hydrolysis) is 1. The van der Waals surface area contributed by atoms with Gasteiger partial charge >= 0.3 is 12.1 Å². The number of carbonyl (C=O) groups excluding carboxylic acids is 1. The topological polar surface area (TPSA) is 75.6 Å². The van der Waals surface area contributed by atoms with Gasteiger partial charge in [0.15, 0.2) is 0 Å². The number of thioether (sulfide) groups is 1. The fourth-order valence-electron chi connectivity index (χ4n) is 1.40. The summed E-state index contributed by atoms with van der Waals surface area (Å²) >= 11 is 1.38. The molecule has 0 bridgehead atoms. The van der Waals surface area contributed by atoms with E-state index >= 15 is 0 Å². The van der Waals surface area contributed by atoms with Crippen molar-refractivity contribution in [2.45, 2.75) is 31.3 Å². The van der Waals surface area contributed by atoms with Gasteiger partial charge in [0, 0.05) is 17.2 Å². The molecule has 6 heteroatoms. The minimum absolute atomic E-state index is 0.273. The zero-order valence-corrected chi connectivity index (χ0v) is 12.6. The quantitative estimate of drug-likeness (QED) is 0.645. The molecule has 0 aliphatic heterocycles. The maximum absolute atomic E-state index is 11.4. The first kappa shape index (κ1) is 16.4. The number of rotatable bonds is 5. The van der Waals surface area contributed by atoms with Crippen molar-refractivity contribution < 1.29 is 19.4 Å². The van der Waals surface area contributed by atoms with Crippen LogP contribution in [-0.4, -0.2) is 35.1 Å². The Kier molecular flexibility index (Phi) is 5.88. The van der Waals surface area contributed by atoms with Gasteiger partial charge in [0.2, 0.25) is 0 Å². The van der Waals surface area contributed by atoms with Crippen molar-refractivity contribution in [2.24, 2.45) is 0 Å². The van der Waals surface area contributed by atoms with Gasteiger partial charge in [-0.15, -0.1) is 11.8 Å². The van der Waals surface area contributed by atoms with Crippen molar-refractivity contribution in [3.8, 4) is 0 Å². The molecule has 1 amide bonds. The highest BCUT2D eigenvalue weighted by atomic mass is 32.2. The van der Waals surface area contributed by atoms with Crippen LogP contribution in [0.5, 0.6) is 0 Å². The number of benzene rings is 1. The van der Waals surface area contributed by atoms with Gasteiger partial charge in [-0.2, -0.15) is 0 Å². The van der Waals surface area contributed by atoms with Gasteiger partial charge < -0.3 is 15.2 Å². The molecule has 0 fully saturated rings. The van der Waals surface area contributed by atoms with Crippen LogP contribution in [0.25, 0.3) is 0 Å². The Bertz CT molecular complexity index is 482. The molecular weight excluding hydrogens is 278 g/mol. The molecule has 0 aliphatic carbocycles. The number of carboxylic acids is 1. The molecule has 1 aromatic rings. The molecule has 110 valence electrons. The third kappa shape index (κ3) is 5.97. The summed E-state index contributed by atoms with van der Waals surface area (Å²) < 4.78 is 5.10. The maximum Gasteiger partial charge on any atom is 0.407 e. The van der Waals surface area contributed by atoms with E-state index in [9.17, 15) is 9.59 Å². The van der Waals surface area contributed by atoms with Crippen LogP contribution < -0.4 is 5.32 Å². The van der Waals surface area contributed by atoms with Crippen molar-refractivity contribution in [3.63, 3.8) is 0 Å². The molecule has 0 unspecified atom stereocenters. The molecule has 0 aromatic heterocycles. The largest absolute Gasteiger partial charge is 0.478 e. The van der Waals surface area contributed by atoms with Crippen molar-refractivity contribution in [3.05, 3.63) is 29.8 Å². The van der Waals surface area contributed by atoms with E-state index in [4.69, 9.17) is 9.84 Å². The van der Waals surface area contributed by atoms with Gasteiger partial charge in [-0.25, -0.2) is 9.59 Å². The summed E-state index contributed by atoms with van der Waals surface area (Å²) in [6.45, 7) is 5.80. The molecule has 20 heavy (non-hydrogen) atoms. The lowest BCUT2D eigenvalue weighted by Crippen LogP contribution is -2.33. The van der Waals surface area contributed by atoms with E-state index in [0.29, 0.717) is 17.2 Å². The number of nitrogens with one attached hydrogen (secondary N) is 1. The average molecular weight is 297 g/mol. The van der Waals surface area contributed by atoms with E-state index in [2.05, 4.69) is 5.32 Å². The van der Waals surface area contributed by atoms with Gasteiger partial charge in [0.1, 0.15) is 5.60 Å². The Morgan fingerprint density at radius 3 is 2.55 bits per heavy atom. The van der Waals surface area contributed by atoms with Crippen LogP contribution in [-0.2, 0) is 4.74 Å². The molecule has 2 N–H and O–H groups in total. The molecule has 1 aromatic carbocycles. The minimum atomic E-state index is -0.951. The third-order valence-electron chi connectivity index (χ3n) is 2.15. The monoisotopic (exact) mass is 297 g/mol. The summed E-state index contributed by atoms with van der Waals surface area (Å²) in [6, 6.07) is 6.79. The molecule has 0 atom stereocenters. The Morgan fingerprint density at radius 2 is 1.95 bits per heavy atom. The fourth-order valence-corrected chi connectivity index (χ4v) is 2.31. The van der Waals surface area contributed by atoms with Crippen LogP contribution in [0.1, 0.15) is 31.1 Å². The van der Waals surface area contributed by atoms with Crippen LogP contribution in [0.4, 0.5) is 4.79 Å². The molecule has 0 saturated carbocycles. The lowest BCUT2D eigenvalue weighted by Gasteiger charge is -2.19. The number of aromatic carboxylic acids is 1. The maximum atomic E-state index is 11.4. The smallest absolute Gasteiger partial charge is 0.407 e. The Hall–Kier alpha value is -1.69. The molecule has 0 spiro atoms. The highest BCUT2D eigenvalue weighted by Crippen LogP contribution is 2.22. The Balaban J connectivity index is 2.39. The number of amides is 1. The predicted octanol–water partition coefficient (Wildman–Crippen LogP) is 3.00. The standard InChI is InChI=1S/C14H19NO4S/c1-14(2,3)19-13(18)15-8-9-20-11-7-5-4-6-10(11)12(16)17/h4-7H,8-9H2,1-3H3,(H,15,18)(H,16,17). The first-order valence-corrected chi connectivity index (χ1v) is 7.20. The first-order chi connectivity index (χ1) is 9.29. The van der Waals surface area contributed by atoms with E-state index in [1.807, 2.05) is 0 Å². The van der Waals surface area contributed by atoms with Crippen LogP contribution >= 0.6 is 11.8 Å². The fraction of sp³-hybridized carbons (Fsp3) is 0.429. The van der Waals surface area contributed by atoms with E-state index in [0.717, 1.165) is 0 Å². The van der Waals surface area contributed by atoms with Gasteiger partial charge in [-0.05, 0) is 32.9 Å². The van der Waals surface area contributed by atoms with Gasteiger partial charge in [0.05, 0.1) is 5.56 Å². The second-order valence-electron chi connectivity index (χ2n) is 5.08. The predicted molar refractivity (Wildman–Crippen MR) is 78.4 cm³/mol. The zero-order chi connectivity index (χ0) is 15.2. The molecule has 1 rings (SSSR count). The van der Waals surface area contributed by atoms with Crippen LogP contribution in [0, 0.1) is 0 Å². The lowest BCUT2D eigenvalue weighted by molar-refractivity contribution is 0.0530. The summed E-state index contributed by atoms with van der Waals surface area (Å²) in [4.78, 5) is 23.1. The SMILES string of the molecule is CC(C)(C)OC(=O)NCCSc1ccccc1C(=O)O. The van der Waals surface area contributed by atoms with Crippen LogP contribution in [0.3, 0.4) is 0 Å². The second-order valence-corrected chi connectivity index (χ2v) is 6.22. The molecule has 0 saturated heterocycles. The number of carbonyl (C=O) groups is 2. The van der Waals surface area contributed by atoms with E-state index < -0.39 is 17.7 Å². The number of ether oxygens (including phenoxy) is 1. The normalized spacial score (nSPS) is 10.9. The second kappa shape index (κ2) is 7.19. The summed E-state index contributed by atoms with van der Waals surface area (Å²) in [5.74, 6) is -0.378. The van der Waals surface area contributed by atoms with Crippen molar-refractivity contribution >= 4 is 23.8 Å². The summed E-state index contributed by atoms with van der Waals surface area (Å²) in [7, 11) is 0. The van der Waals surface area contributed by atoms with E-state index in [1.54, 1.807) is 45.0 Å². The highest BCUT2D eigenvalue weighted by Gasteiger charge is 2.15. The molecule has 5 nitrogen and oxygen atoms in total. The number of hydrogen-bond acceptors (Lipinski definition) is 4. The summed E-state index contributed by atoms with van der Waals surface area (Å²) in [6.07, 6.45) is -0.468. The van der Waals surface area contributed by atoms with Gasteiger partial charge in [-0.1, -0.05) is 12.1 Å².